The Morgan fingerprint density at radius 3 is 2.86 bits per heavy atom. The number of benzene rings is 1. The molecule has 3 heterocycles. The van der Waals surface area contributed by atoms with Crippen LogP contribution in [-0.2, 0) is 15.9 Å². The number of hydrogen-bond donors (Lipinski definition) is 1. The zero-order chi connectivity index (χ0) is 18.5. The van der Waals surface area contributed by atoms with Crippen molar-refractivity contribution in [2.45, 2.75) is 38.4 Å². The number of hydrogen-bond acceptors (Lipinski definition) is 5. The quantitative estimate of drug-likeness (QED) is 0.379. The van der Waals surface area contributed by atoms with E-state index in [2.05, 4.69) is 23.2 Å². The van der Waals surface area contributed by atoms with Crippen molar-refractivity contribution in [1.29, 1.82) is 0 Å². The molecule has 7 nitrogen and oxygen atoms in total. The van der Waals surface area contributed by atoms with Crippen LogP contribution in [0.3, 0.4) is 0 Å². The van der Waals surface area contributed by atoms with Crippen LogP contribution in [0.25, 0.3) is 0 Å². The van der Waals surface area contributed by atoms with E-state index in [-0.39, 0.29) is 36.2 Å². The van der Waals surface area contributed by atoms with Gasteiger partial charge in [-0.1, -0.05) is 6.07 Å². The molecule has 3 aliphatic heterocycles. The van der Waals surface area contributed by atoms with E-state index in [1.54, 1.807) is 0 Å². The highest BCUT2D eigenvalue weighted by atomic mass is 127. The van der Waals surface area contributed by atoms with E-state index in [0.717, 1.165) is 76.1 Å². The Morgan fingerprint density at radius 2 is 2.04 bits per heavy atom. The zero-order valence-electron chi connectivity index (χ0n) is 16.4. The first-order valence-electron chi connectivity index (χ1n) is 9.98. The highest BCUT2D eigenvalue weighted by Gasteiger charge is 2.32. The largest absolute Gasteiger partial charge is 0.454 e. The fourth-order valence-corrected chi connectivity index (χ4v) is 3.80. The van der Waals surface area contributed by atoms with Crippen LogP contribution < -0.4 is 14.8 Å². The molecule has 28 heavy (non-hydrogen) atoms. The minimum atomic E-state index is 0. The summed E-state index contributed by atoms with van der Waals surface area (Å²) >= 11 is 0. The first kappa shape index (κ1) is 21.4. The van der Waals surface area contributed by atoms with Crippen LogP contribution in [0.5, 0.6) is 11.5 Å². The van der Waals surface area contributed by atoms with E-state index in [0.29, 0.717) is 6.79 Å². The first-order valence-corrected chi connectivity index (χ1v) is 9.98. The summed E-state index contributed by atoms with van der Waals surface area (Å²) in [6, 6.07) is 6.10. The Bertz CT molecular complexity index is 667. The molecule has 1 N–H and O–H groups in total. The molecule has 1 aromatic carbocycles. The van der Waals surface area contributed by atoms with Gasteiger partial charge in [-0.05, 0) is 43.9 Å². The summed E-state index contributed by atoms with van der Waals surface area (Å²) in [6.07, 6.45) is 3.46. The molecule has 2 saturated heterocycles. The second-order valence-electron chi connectivity index (χ2n) is 7.08. The molecule has 4 rings (SSSR count). The maximum absolute atomic E-state index is 5.96. The van der Waals surface area contributed by atoms with Crippen molar-refractivity contribution in [1.82, 2.24) is 10.2 Å². The van der Waals surface area contributed by atoms with Crippen LogP contribution in [0.1, 0.15) is 25.3 Å². The fourth-order valence-electron chi connectivity index (χ4n) is 3.80. The minimum Gasteiger partial charge on any atom is -0.454 e. The summed E-state index contributed by atoms with van der Waals surface area (Å²) in [5, 5.41) is 3.43. The standard InChI is InChI=1S/C20H29N3O4.HI/c1-2-21-20(23-9-11-25-19(13-23)16-4-3-10-24-16)22-8-7-15-5-6-17-18(12-15)27-14-26-17;/h5-6,12,16,19H,2-4,7-11,13-14H2,1H3,(H,21,22);1H. The summed E-state index contributed by atoms with van der Waals surface area (Å²) in [5.74, 6) is 2.62. The van der Waals surface area contributed by atoms with Crippen molar-refractivity contribution >= 4 is 29.9 Å². The van der Waals surface area contributed by atoms with Crippen molar-refractivity contribution in [2.75, 3.05) is 46.2 Å². The van der Waals surface area contributed by atoms with E-state index in [1.807, 2.05) is 12.1 Å². The van der Waals surface area contributed by atoms with Crippen molar-refractivity contribution < 1.29 is 18.9 Å². The molecule has 1 aromatic rings. The van der Waals surface area contributed by atoms with Gasteiger partial charge in [-0.2, -0.15) is 0 Å². The zero-order valence-corrected chi connectivity index (χ0v) is 18.7. The predicted molar refractivity (Wildman–Crippen MR) is 118 cm³/mol. The molecular weight excluding hydrogens is 473 g/mol. The average molecular weight is 503 g/mol. The smallest absolute Gasteiger partial charge is 0.231 e. The Morgan fingerprint density at radius 1 is 1.18 bits per heavy atom. The van der Waals surface area contributed by atoms with E-state index in [1.165, 1.54) is 5.56 Å². The molecule has 2 atom stereocenters. The molecular formula is C20H30IN3O4. The van der Waals surface area contributed by atoms with E-state index >= 15 is 0 Å². The van der Waals surface area contributed by atoms with Gasteiger partial charge in [0.15, 0.2) is 17.5 Å². The van der Waals surface area contributed by atoms with Crippen LogP contribution in [0.2, 0.25) is 0 Å². The van der Waals surface area contributed by atoms with Gasteiger partial charge in [0.1, 0.15) is 6.10 Å². The number of nitrogens with one attached hydrogen (secondary N) is 1. The number of guanidine groups is 1. The second-order valence-corrected chi connectivity index (χ2v) is 7.08. The molecule has 0 radical (unpaired) electrons. The van der Waals surface area contributed by atoms with Gasteiger partial charge in [-0.25, -0.2) is 0 Å². The maximum Gasteiger partial charge on any atom is 0.231 e. The number of morpholine rings is 1. The number of ether oxygens (including phenoxy) is 4. The number of nitrogens with zero attached hydrogens (tertiary/aromatic N) is 2. The normalized spacial score (nSPS) is 24.2. The van der Waals surface area contributed by atoms with Crippen LogP contribution in [0.4, 0.5) is 0 Å². The molecule has 0 aromatic heterocycles. The lowest BCUT2D eigenvalue weighted by molar-refractivity contribution is -0.0817. The molecule has 0 saturated carbocycles. The molecule has 0 aliphatic carbocycles. The van der Waals surface area contributed by atoms with Crippen molar-refractivity contribution in [3.05, 3.63) is 23.8 Å². The number of halogens is 1. The molecule has 3 aliphatic rings. The lowest BCUT2D eigenvalue weighted by Gasteiger charge is -2.37. The maximum atomic E-state index is 5.96. The van der Waals surface area contributed by atoms with Crippen molar-refractivity contribution in [3.8, 4) is 11.5 Å². The number of aliphatic imine (C=N–C) groups is 1. The number of rotatable bonds is 5. The van der Waals surface area contributed by atoms with E-state index in [4.69, 9.17) is 23.9 Å². The monoisotopic (exact) mass is 503 g/mol. The average Bonchev–Trinajstić information content (AvgIpc) is 3.39. The van der Waals surface area contributed by atoms with Gasteiger partial charge in [0.2, 0.25) is 6.79 Å². The summed E-state index contributed by atoms with van der Waals surface area (Å²) < 4.78 is 22.6. The van der Waals surface area contributed by atoms with E-state index in [9.17, 15) is 0 Å². The Kier molecular flexibility index (Phi) is 8.04. The Labute approximate surface area is 183 Å². The Balaban J connectivity index is 0.00000225. The molecule has 156 valence electrons. The summed E-state index contributed by atoms with van der Waals surface area (Å²) in [6.45, 7) is 7.26. The fraction of sp³-hybridized carbons (Fsp3) is 0.650. The highest BCUT2D eigenvalue weighted by Crippen LogP contribution is 2.32. The van der Waals surface area contributed by atoms with Gasteiger partial charge >= 0.3 is 0 Å². The van der Waals surface area contributed by atoms with Crippen LogP contribution in [0, 0.1) is 0 Å². The van der Waals surface area contributed by atoms with Gasteiger partial charge in [0.05, 0.1) is 12.7 Å². The topological polar surface area (TPSA) is 64.6 Å². The van der Waals surface area contributed by atoms with Crippen molar-refractivity contribution in [2.24, 2.45) is 4.99 Å². The lowest BCUT2D eigenvalue weighted by atomic mass is 10.1. The third-order valence-corrected chi connectivity index (χ3v) is 5.21. The molecule has 0 amide bonds. The van der Waals surface area contributed by atoms with Gasteiger partial charge < -0.3 is 29.2 Å². The molecule has 0 bridgehead atoms. The van der Waals surface area contributed by atoms with Gasteiger partial charge in [-0.3, -0.25) is 4.99 Å². The molecule has 8 heteroatoms. The van der Waals surface area contributed by atoms with Gasteiger partial charge in [-0.15, -0.1) is 24.0 Å². The van der Waals surface area contributed by atoms with Gasteiger partial charge in [0.25, 0.3) is 0 Å². The molecule has 2 fully saturated rings. The third-order valence-electron chi connectivity index (χ3n) is 5.21. The first-order chi connectivity index (χ1) is 13.3. The predicted octanol–water partition coefficient (Wildman–Crippen LogP) is 2.42. The summed E-state index contributed by atoms with van der Waals surface area (Å²) in [4.78, 5) is 7.15. The SMILES string of the molecule is CCNC(=NCCc1ccc2c(c1)OCO2)N1CCOC(C2CCCO2)C1.I. The highest BCUT2D eigenvalue weighted by molar-refractivity contribution is 14.0. The minimum absolute atomic E-state index is 0. The third kappa shape index (κ3) is 5.21. The van der Waals surface area contributed by atoms with Gasteiger partial charge in [0, 0.05) is 32.8 Å². The molecule has 0 spiro atoms. The summed E-state index contributed by atoms with van der Waals surface area (Å²) in [7, 11) is 0. The van der Waals surface area contributed by atoms with Crippen LogP contribution in [-0.4, -0.2) is 69.3 Å². The lowest BCUT2D eigenvalue weighted by Crippen LogP contribution is -2.53. The van der Waals surface area contributed by atoms with Crippen LogP contribution in [0.15, 0.2) is 23.2 Å². The van der Waals surface area contributed by atoms with Crippen molar-refractivity contribution in [3.63, 3.8) is 0 Å². The summed E-state index contributed by atoms with van der Waals surface area (Å²) in [5.41, 5.74) is 1.21. The Hall–Kier alpha value is -1.26. The van der Waals surface area contributed by atoms with E-state index < -0.39 is 0 Å². The second kappa shape index (κ2) is 10.5. The van der Waals surface area contributed by atoms with Crippen LogP contribution >= 0.6 is 24.0 Å². The number of fused-ring (bicyclic) bond motifs is 1. The molecule has 2 unspecified atom stereocenters.